The first kappa shape index (κ1) is 18.8. The topological polar surface area (TPSA) is 0 Å². The summed E-state index contributed by atoms with van der Waals surface area (Å²) in [6.45, 7) is 7.08. The van der Waals surface area contributed by atoms with Crippen molar-refractivity contribution in [3.8, 4) is 0 Å². The van der Waals surface area contributed by atoms with E-state index in [4.69, 9.17) is 0 Å². The van der Waals surface area contributed by atoms with Crippen molar-refractivity contribution in [1.29, 1.82) is 0 Å². The van der Waals surface area contributed by atoms with Gasteiger partial charge in [0.1, 0.15) is 0 Å². The minimum atomic E-state index is 0.804. The first-order valence-electron chi connectivity index (χ1n) is 10.6. The van der Waals surface area contributed by atoms with Gasteiger partial charge in [-0.1, -0.05) is 103 Å². The summed E-state index contributed by atoms with van der Waals surface area (Å²) in [5.74, 6) is 4.61. The van der Waals surface area contributed by atoms with Crippen molar-refractivity contribution < 1.29 is 0 Å². The lowest BCUT2D eigenvalue weighted by atomic mass is 9.73. The molecule has 23 heavy (non-hydrogen) atoms. The molecule has 0 aliphatic heterocycles. The summed E-state index contributed by atoms with van der Waals surface area (Å²) in [4.78, 5) is 0. The summed E-state index contributed by atoms with van der Waals surface area (Å²) in [6.07, 6.45) is 25.5. The number of hydrogen-bond donors (Lipinski definition) is 0. The van der Waals surface area contributed by atoms with Gasteiger partial charge in [0.15, 0.2) is 0 Å². The molecular formula is C23H40. The highest BCUT2D eigenvalue weighted by Crippen LogP contribution is 2.38. The summed E-state index contributed by atoms with van der Waals surface area (Å²) in [5, 5.41) is 0. The molecule has 0 heterocycles. The van der Waals surface area contributed by atoms with Gasteiger partial charge >= 0.3 is 0 Å². The Kier molecular flexibility index (Phi) is 8.48. The SMILES string of the molecule is CCC(C)CCCCC1CCC(CC2C=CC=CC2CC)CC1. The molecule has 0 aromatic carbocycles. The first-order valence-corrected chi connectivity index (χ1v) is 10.6. The van der Waals surface area contributed by atoms with Crippen LogP contribution < -0.4 is 0 Å². The lowest BCUT2D eigenvalue weighted by Gasteiger charge is -2.32. The fraction of sp³-hybridized carbons (Fsp3) is 0.826. The van der Waals surface area contributed by atoms with E-state index in [1.54, 1.807) is 0 Å². The monoisotopic (exact) mass is 316 g/mol. The Morgan fingerprint density at radius 1 is 0.870 bits per heavy atom. The van der Waals surface area contributed by atoms with E-state index < -0.39 is 0 Å². The van der Waals surface area contributed by atoms with Crippen LogP contribution in [-0.4, -0.2) is 0 Å². The van der Waals surface area contributed by atoms with Crippen molar-refractivity contribution in [3.63, 3.8) is 0 Å². The molecule has 2 rings (SSSR count). The van der Waals surface area contributed by atoms with Gasteiger partial charge in [-0.05, 0) is 42.4 Å². The second kappa shape index (κ2) is 10.4. The van der Waals surface area contributed by atoms with E-state index in [9.17, 15) is 0 Å². The average Bonchev–Trinajstić information content (AvgIpc) is 2.60. The van der Waals surface area contributed by atoms with Gasteiger partial charge in [-0.15, -0.1) is 0 Å². The molecule has 0 aromatic heterocycles. The van der Waals surface area contributed by atoms with Crippen molar-refractivity contribution in [1.82, 2.24) is 0 Å². The lowest BCUT2D eigenvalue weighted by molar-refractivity contribution is 0.221. The van der Waals surface area contributed by atoms with E-state index in [1.165, 1.54) is 70.6 Å². The molecule has 2 aliphatic rings. The Bertz CT molecular complexity index is 356. The number of hydrogen-bond acceptors (Lipinski definition) is 0. The van der Waals surface area contributed by atoms with Gasteiger partial charge < -0.3 is 0 Å². The molecule has 3 atom stereocenters. The third-order valence-corrected chi connectivity index (χ3v) is 6.68. The van der Waals surface area contributed by atoms with Crippen molar-refractivity contribution in [2.24, 2.45) is 29.6 Å². The molecule has 0 aromatic rings. The predicted octanol–water partition coefficient (Wildman–Crippen LogP) is 7.56. The van der Waals surface area contributed by atoms with Crippen LogP contribution in [0.15, 0.2) is 24.3 Å². The van der Waals surface area contributed by atoms with E-state index in [1.807, 2.05) is 0 Å². The Morgan fingerprint density at radius 3 is 2.17 bits per heavy atom. The number of allylic oxidation sites excluding steroid dienone is 4. The number of rotatable bonds is 9. The van der Waals surface area contributed by atoms with Gasteiger partial charge in [0.2, 0.25) is 0 Å². The molecule has 1 fully saturated rings. The molecule has 0 bridgehead atoms. The Labute approximate surface area is 145 Å². The van der Waals surface area contributed by atoms with Crippen LogP contribution in [0.3, 0.4) is 0 Å². The summed E-state index contributed by atoms with van der Waals surface area (Å²) in [5.41, 5.74) is 0. The zero-order valence-electron chi connectivity index (χ0n) is 16.0. The molecule has 1 saturated carbocycles. The molecule has 0 radical (unpaired) electrons. The molecular weight excluding hydrogens is 276 g/mol. The standard InChI is InChI=1S/C23H40/c1-4-19(3)10-6-7-11-20-14-16-21(17-15-20)18-23-13-9-8-12-22(23)5-2/h8-9,12-13,19-23H,4-7,10-11,14-18H2,1-3H3. The van der Waals surface area contributed by atoms with Crippen LogP contribution in [0.1, 0.15) is 91.4 Å². The molecule has 2 aliphatic carbocycles. The van der Waals surface area contributed by atoms with Crippen molar-refractivity contribution >= 4 is 0 Å². The molecule has 0 saturated heterocycles. The first-order chi connectivity index (χ1) is 11.2. The minimum Gasteiger partial charge on any atom is -0.0809 e. The van der Waals surface area contributed by atoms with Crippen LogP contribution in [0.2, 0.25) is 0 Å². The molecule has 0 spiro atoms. The fourth-order valence-corrected chi connectivity index (χ4v) is 4.66. The normalized spacial score (nSPS) is 32.1. The average molecular weight is 317 g/mol. The van der Waals surface area contributed by atoms with E-state index >= 15 is 0 Å². The molecule has 3 unspecified atom stereocenters. The summed E-state index contributed by atoms with van der Waals surface area (Å²) < 4.78 is 0. The highest BCUT2D eigenvalue weighted by atomic mass is 14.3. The molecule has 0 nitrogen and oxygen atoms in total. The highest BCUT2D eigenvalue weighted by Gasteiger charge is 2.25. The van der Waals surface area contributed by atoms with Crippen molar-refractivity contribution in [3.05, 3.63) is 24.3 Å². The zero-order chi connectivity index (χ0) is 16.5. The quantitative estimate of drug-likeness (QED) is 0.385. The maximum absolute atomic E-state index is 2.48. The summed E-state index contributed by atoms with van der Waals surface area (Å²) >= 11 is 0. The van der Waals surface area contributed by atoms with Gasteiger partial charge in [0.05, 0.1) is 0 Å². The van der Waals surface area contributed by atoms with E-state index in [0.717, 1.165) is 29.6 Å². The van der Waals surface area contributed by atoms with Crippen LogP contribution in [0.5, 0.6) is 0 Å². The van der Waals surface area contributed by atoms with E-state index in [-0.39, 0.29) is 0 Å². The van der Waals surface area contributed by atoms with Gasteiger partial charge in [0, 0.05) is 0 Å². The second-order valence-electron chi connectivity index (χ2n) is 8.43. The van der Waals surface area contributed by atoms with Gasteiger partial charge in [-0.3, -0.25) is 0 Å². The molecule has 132 valence electrons. The second-order valence-corrected chi connectivity index (χ2v) is 8.43. The Morgan fingerprint density at radius 2 is 1.52 bits per heavy atom. The third-order valence-electron chi connectivity index (χ3n) is 6.68. The molecule has 0 heteroatoms. The maximum Gasteiger partial charge on any atom is -0.0165 e. The predicted molar refractivity (Wildman–Crippen MR) is 104 cm³/mol. The van der Waals surface area contributed by atoms with Crippen LogP contribution in [0.25, 0.3) is 0 Å². The van der Waals surface area contributed by atoms with E-state index in [0.29, 0.717) is 0 Å². The Balaban J connectivity index is 1.60. The van der Waals surface area contributed by atoms with Crippen molar-refractivity contribution in [2.45, 2.75) is 91.4 Å². The van der Waals surface area contributed by atoms with E-state index in [2.05, 4.69) is 45.1 Å². The highest BCUT2D eigenvalue weighted by molar-refractivity contribution is 5.14. The van der Waals surface area contributed by atoms with Gasteiger partial charge in [-0.25, -0.2) is 0 Å². The maximum atomic E-state index is 2.48. The largest absolute Gasteiger partial charge is 0.0809 e. The fourth-order valence-electron chi connectivity index (χ4n) is 4.66. The van der Waals surface area contributed by atoms with Crippen LogP contribution in [-0.2, 0) is 0 Å². The molecule has 0 amide bonds. The lowest BCUT2D eigenvalue weighted by Crippen LogP contribution is -2.20. The smallest absolute Gasteiger partial charge is 0.0165 e. The summed E-state index contributed by atoms with van der Waals surface area (Å²) in [7, 11) is 0. The third kappa shape index (κ3) is 6.48. The van der Waals surface area contributed by atoms with Crippen LogP contribution in [0, 0.1) is 29.6 Å². The molecule has 0 N–H and O–H groups in total. The van der Waals surface area contributed by atoms with Gasteiger partial charge in [0.25, 0.3) is 0 Å². The summed E-state index contributed by atoms with van der Waals surface area (Å²) in [6, 6.07) is 0. The van der Waals surface area contributed by atoms with Crippen LogP contribution >= 0.6 is 0 Å². The van der Waals surface area contributed by atoms with Crippen molar-refractivity contribution in [2.75, 3.05) is 0 Å². The van der Waals surface area contributed by atoms with Gasteiger partial charge in [-0.2, -0.15) is 0 Å². The Hall–Kier alpha value is -0.520. The zero-order valence-corrected chi connectivity index (χ0v) is 16.0. The number of unbranched alkanes of at least 4 members (excludes halogenated alkanes) is 1. The van der Waals surface area contributed by atoms with Crippen LogP contribution in [0.4, 0.5) is 0 Å². The minimum absolute atomic E-state index is 0.804.